The maximum absolute atomic E-state index is 14.6. The fraction of sp³-hybridized carbons (Fsp3) is 0.435. The highest BCUT2D eigenvalue weighted by molar-refractivity contribution is 5.92. The molecule has 0 bridgehead atoms. The van der Waals surface area contributed by atoms with Gasteiger partial charge in [0.15, 0.2) is 5.82 Å². The molecule has 1 N–H and O–H groups in total. The van der Waals surface area contributed by atoms with Crippen molar-refractivity contribution in [2.45, 2.75) is 45.3 Å². The molecule has 2 aromatic heterocycles. The number of pyridine rings is 1. The van der Waals surface area contributed by atoms with Gasteiger partial charge >= 0.3 is 0 Å². The molecule has 3 heterocycles. The van der Waals surface area contributed by atoms with E-state index in [1.54, 1.807) is 14.0 Å². The molecule has 1 fully saturated rings. The Labute approximate surface area is 184 Å². The molecule has 1 unspecified atom stereocenters. The van der Waals surface area contributed by atoms with Gasteiger partial charge in [-0.3, -0.25) is 4.98 Å². The highest BCUT2D eigenvalue weighted by atomic mass is 19.3. The summed E-state index contributed by atoms with van der Waals surface area (Å²) < 4.78 is 46.4. The van der Waals surface area contributed by atoms with Gasteiger partial charge in [-0.1, -0.05) is 18.2 Å². The van der Waals surface area contributed by atoms with Gasteiger partial charge in [-0.2, -0.15) is 5.10 Å². The van der Waals surface area contributed by atoms with Gasteiger partial charge in [0.1, 0.15) is 5.82 Å². The average molecular weight is 445 g/mol. The first kappa shape index (κ1) is 22.3. The molecule has 4 rings (SSSR count). The van der Waals surface area contributed by atoms with Crippen molar-refractivity contribution in [3.8, 4) is 0 Å². The van der Waals surface area contributed by atoms with Gasteiger partial charge < -0.3 is 15.0 Å². The van der Waals surface area contributed by atoms with E-state index in [4.69, 9.17) is 4.74 Å². The molecular weight excluding hydrogens is 419 g/mol. The van der Waals surface area contributed by atoms with Crippen LogP contribution in [-0.2, 0) is 4.74 Å². The van der Waals surface area contributed by atoms with Crippen molar-refractivity contribution < 1.29 is 17.9 Å². The number of ether oxygens (including phenoxy) is 1. The second-order valence-electron chi connectivity index (χ2n) is 8.09. The van der Waals surface area contributed by atoms with E-state index in [1.165, 1.54) is 12.1 Å². The summed E-state index contributed by atoms with van der Waals surface area (Å²) in [5, 5.41) is 12.3. The first-order valence-electron chi connectivity index (χ1n) is 10.6. The third-order valence-electron chi connectivity index (χ3n) is 5.96. The summed E-state index contributed by atoms with van der Waals surface area (Å²) in [6, 6.07) is 5.40. The number of aromatic nitrogens is 3. The zero-order valence-electron chi connectivity index (χ0n) is 18.3. The topological polar surface area (TPSA) is 63.2 Å². The van der Waals surface area contributed by atoms with Gasteiger partial charge in [-0.25, -0.2) is 13.2 Å². The number of nitrogens with zero attached hydrogens (tertiary/aromatic N) is 4. The summed E-state index contributed by atoms with van der Waals surface area (Å²) in [6.07, 6.45) is 1.14. The van der Waals surface area contributed by atoms with Crippen LogP contribution in [0.1, 0.15) is 49.1 Å². The van der Waals surface area contributed by atoms with Crippen LogP contribution in [-0.4, -0.2) is 41.5 Å². The van der Waals surface area contributed by atoms with Crippen LogP contribution in [0.4, 0.5) is 24.7 Å². The Hall–Kier alpha value is -2.94. The number of hydrogen-bond donors (Lipinski definition) is 1. The summed E-state index contributed by atoms with van der Waals surface area (Å²) in [4.78, 5) is 6.83. The molecule has 0 aliphatic carbocycles. The lowest BCUT2D eigenvalue weighted by Gasteiger charge is -2.33. The van der Waals surface area contributed by atoms with E-state index in [0.29, 0.717) is 17.0 Å². The number of nitrogens with one attached hydrogen (secondary N) is 1. The number of benzene rings is 1. The largest absolute Gasteiger partial charge is 0.380 e. The van der Waals surface area contributed by atoms with Crippen molar-refractivity contribution >= 4 is 22.4 Å². The van der Waals surface area contributed by atoms with Gasteiger partial charge in [-0.05, 0) is 32.8 Å². The van der Waals surface area contributed by atoms with Crippen molar-refractivity contribution in [1.82, 2.24) is 15.2 Å². The second kappa shape index (κ2) is 9.28. The molecule has 1 aromatic carbocycles. The summed E-state index contributed by atoms with van der Waals surface area (Å²) in [7, 11) is 1.72. The molecule has 6 nitrogen and oxygen atoms in total. The molecule has 0 radical (unpaired) electrons. The van der Waals surface area contributed by atoms with E-state index in [0.717, 1.165) is 43.1 Å². The monoisotopic (exact) mass is 445 g/mol. The van der Waals surface area contributed by atoms with Gasteiger partial charge in [0.25, 0.3) is 6.43 Å². The molecule has 3 aromatic rings. The van der Waals surface area contributed by atoms with Crippen LogP contribution in [0.5, 0.6) is 0 Å². The molecule has 0 spiro atoms. The molecular formula is C23H26F3N5O. The summed E-state index contributed by atoms with van der Waals surface area (Å²) in [5.41, 5.74) is 1.82. The van der Waals surface area contributed by atoms with Crippen molar-refractivity contribution in [3.63, 3.8) is 0 Å². The SMILES string of the molecule is CO[C@H]1CCCN(c2cnc3c(C)nnc(NC(C)c4cccc(C(F)F)c4F)c3c2)C1. The molecule has 32 heavy (non-hydrogen) atoms. The lowest BCUT2D eigenvalue weighted by atomic mass is 10.0. The van der Waals surface area contributed by atoms with E-state index in [-0.39, 0.29) is 11.7 Å². The molecule has 1 saturated heterocycles. The number of rotatable bonds is 6. The molecule has 170 valence electrons. The average Bonchev–Trinajstić information content (AvgIpc) is 2.80. The number of methoxy groups -OCH3 is 1. The lowest BCUT2D eigenvalue weighted by molar-refractivity contribution is 0.0893. The second-order valence-corrected chi connectivity index (χ2v) is 8.09. The van der Waals surface area contributed by atoms with E-state index in [2.05, 4.69) is 25.4 Å². The van der Waals surface area contributed by atoms with Gasteiger partial charge in [0.05, 0.1) is 40.8 Å². The first-order chi connectivity index (χ1) is 15.4. The predicted octanol–water partition coefficient (Wildman–Crippen LogP) is 5.20. The molecule has 1 aliphatic heterocycles. The van der Waals surface area contributed by atoms with Crippen molar-refractivity contribution in [2.75, 3.05) is 30.4 Å². The Morgan fingerprint density at radius 3 is 2.75 bits per heavy atom. The minimum Gasteiger partial charge on any atom is -0.380 e. The van der Waals surface area contributed by atoms with Crippen LogP contribution in [0.15, 0.2) is 30.5 Å². The number of anilines is 2. The van der Waals surface area contributed by atoms with Crippen LogP contribution in [0, 0.1) is 12.7 Å². The number of halogens is 3. The molecule has 1 aliphatic rings. The smallest absolute Gasteiger partial charge is 0.266 e. The Morgan fingerprint density at radius 1 is 1.22 bits per heavy atom. The normalized spacial score (nSPS) is 17.7. The van der Waals surface area contributed by atoms with Crippen LogP contribution in [0.3, 0.4) is 0 Å². The Morgan fingerprint density at radius 2 is 2.00 bits per heavy atom. The Kier molecular flexibility index (Phi) is 6.45. The van der Waals surface area contributed by atoms with Crippen LogP contribution in [0.25, 0.3) is 10.9 Å². The standard InChI is InChI=1S/C23H26F3N5O/c1-13(17-7-4-8-18(20(17)24)22(25)26)28-23-19-10-15(11-27-21(19)14(2)29-30-23)31-9-5-6-16(12-31)32-3/h4,7-8,10-11,13,16,22H,5-6,9,12H2,1-3H3,(H,28,30)/t13?,16-/m0/s1. The van der Waals surface area contributed by atoms with E-state index in [1.807, 2.05) is 19.2 Å². The maximum atomic E-state index is 14.6. The van der Waals surface area contributed by atoms with Crippen LogP contribution >= 0.6 is 0 Å². The third-order valence-corrected chi connectivity index (χ3v) is 5.96. The van der Waals surface area contributed by atoms with Crippen molar-refractivity contribution in [3.05, 3.63) is 53.1 Å². The summed E-state index contributed by atoms with van der Waals surface area (Å²) in [6.45, 7) is 5.19. The summed E-state index contributed by atoms with van der Waals surface area (Å²) >= 11 is 0. The fourth-order valence-electron chi connectivity index (χ4n) is 4.15. The molecule has 9 heteroatoms. The first-order valence-corrected chi connectivity index (χ1v) is 10.6. The van der Waals surface area contributed by atoms with E-state index in [9.17, 15) is 13.2 Å². The zero-order valence-corrected chi connectivity index (χ0v) is 18.3. The third kappa shape index (κ3) is 4.34. The Balaban J connectivity index is 1.68. The maximum Gasteiger partial charge on any atom is 0.266 e. The van der Waals surface area contributed by atoms with Crippen LogP contribution in [0.2, 0.25) is 0 Å². The van der Waals surface area contributed by atoms with Crippen molar-refractivity contribution in [1.29, 1.82) is 0 Å². The quantitative estimate of drug-likeness (QED) is 0.563. The Bertz CT molecular complexity index is 1110. The van der Waals surface area contributed by atoms with E-state index >= 15 is 0 Å². The highest BCUT2D eigenvalue weighted by Gasteiger charge is 2.23. The number of piperidine rings is 1. The van der Waals surface area contributed by atoms with Gasteiger partial charge in [0, 0.05) is 31.1 Å². The van der Waals surface area contributed by atoms with E-state index < -0.39 is 23.8 Å². The van der Waals surface area contributed by atoms with Gasteiger partial charge in [0.2, 0.25) is 0 Å². The fourth-order valence-corrected chi connectivity index (χ4v) is 4.15. The number of fused-ring (bicyclic) bond motifs is 1. The number of alkyl halides is 2. The summed E-state index contributed by atoms with van der Waals surface area (Å²) in [5.74, 6) is -0.487. The molecule has 0 amide bonds. The zero-order chi connectivity index (χ0) is 22.8. The minimum atomic E-state index is -2.88. The van der Waals surface area contributed by atoms with Crippen molar-refractivity contribution in [2.24, 2.45) is 0 Å². The number of hydrogen-bond acceptors (Lipinski definition) is 6. The van der Waals surface area contributed by atoms with Crippen LogP contribution < -0.4 is 10.2 Å². The predicted molar refractivity (Wildman–Crippen MR) is 118 cm³/mol. The lowest BCUT2D eigenvalue weighted by Crippen LogP contribution is -2.39. The van der Waals surface area contributed by atoms with Gasteiger partial charge in [-0.15, -0.1) is 5.10 Å². The number of aryl methyl sites for hydroxylation is 1. The highest BCUT2D eigenvalue weighted by Crippen LogP contribution is 2.32. The molecule has 0 saturated carbocycles. The minimum absolute atomic E-state index is 0.140. The molecule has 2 atom stereocenters.